The third-order valence-corrected chi connectivity index (χ3v) is 5.38. The molecule has 0 fully saturated rings. The minimum atomic E-state index is -1.000. The van der Waals surface area contributed by atoms with Gasteiger partial charge in [0.1, 0.15) is 6.61 Å². The molecule has 0 unspecified atom stereocenters. The molecular formula is C26H45N3O12S. The summed E-state index contributed by atoms with van der Waals surface area (Å²) in [6.45, 7) is 7.36. The van der Waals surface area contributed by atoms with Gasteiger partial charge < -0.3 is 53.1 Å². The standard InChI is InChI=1S/C26H45N3O12S/c1-42-26-28-20-23(21-29-26)25(32)27-2-3-33-4-5-34-6-7-35-8-9-36-10-11-37-12-13-38-14-15-39-16-17-40-18-19-41-22-24(30)31/h20-21H,2-19,22H2,1H3,(H,27,32)(H,30,31). The zero-order valence-electron chi connectivity index (χ0n) is 24.3. The molecule has 0 aliphatic carbocycles. The summed E-state index contributed by atoms with van der Waals surface area (Å²) in [5.74, 6) is -1.24. The maximum atomic E-state index is 12.0. The lowest BCUT2D eigenvalue weighted by Gasteiger charge is -2.09. The molecule has 0 atom stereocenters. The van der Waals surface area contributed by atoms with Crippen LogP contribution in [0.15, 0.2) is 17.6 Å². The predicted molar refractivity (Wildman–Crippen MR) is 151 cm³/mol. The number of amides is 1. The summed E-state index contributed by atoms with van der Waals surface area (Å²) in [7, 11) is 0. The molecule has 0 saturated heterocycles. The topological polar surface area (TPSA) is 175 Å². The van der Waals surface area contributed by atoms with Crippen LogP contribution in [0.1, 0.15) is 10.4 Å². The zero-order valence-corrected chi connectivity index (χ0v) is 25.1. The van der Waals surface area contributed by atoms with Gasteiger partial charge in [0.05, 0.1) is 118 Å². The number of ether oxygens (including phenoxy) is 9. The lowest BCUT2D eigenvalue weighted by atomic mass is 10.3. The van der Waals surface area contributed by atoms with E-state index in [1.165, 1.54) is 24.2 Å². The summed E-state index contributed by atoms with van der Waals surface area (Å²) < 4.78 is 48.0. The van der Waals surface area contributed by atoms with Gasteiger partial charge >= 0.3 is 5.97 Å². The maximum absolute atomic E-state index is 12.0. The van der Waals surface area contributed by atoms with Crippen LogP contribution in [0.25, 0.3) is 0 Å². The number of carbonyl (C=O) groups is 2. The third-order valence-electron chi connectivity index (χ3n) is 4.81. The second-order valence-electron chi connectivity index (χ2n) is 8.06. The van der Waals surface area contributed by atoms with Crippen LogP contribution >= 0.6 is 11.8 Å². The smallest absolute Gasteiger partial charge is 0.329 e. The number of carboxylic acids is 1. The third kappa shape index (κ3) is 24.6. The summed E-state index contributed by atoms with van der Waals surface area (Å²) in [4.78, 5) is 30.4. The molecule has 1 heterocycles. The van der Waals surface area contributed by atoms with Crippen molar-refractivity contribution in [2.75, 3.05) is 132 Å². The first-order valence-corrected chi connectivity index (χ1v) is 14.9. The number of hydrogen-bond donors (Lipinski definition) is 2. The number of rotatable bonds is 31. The van der Waals surface area contributed by atoms with E-state index in [4.69, 9.17) is 47.7 Å². The molecule has 16 heteroatoms. The molecule has 0 aliphatic rings. The number of nitrogens with zero attached hydrogens (tertiary/aromatic N) is 2. The lowest BCUT2D eigenvalue weighted by Crippen LogP contribution is -2.28. The average molecular weight is 624 g/mol. The number of carboxylic acid groups (broad SMARTS) is 1. The van der Waals surface area contributed by atoms with Gasteiger partial charge in [0.2, 0.25) is 0 Å². The fraction of sp³-hybridized carbons (Fsp3) is 0.769. The van der Waals surface area contributed by atoms with Crippen LogP contribution in [0, 0.1) is 0 Å². The van der Waals surface area contributed by atoms with Crippen LogP contribution in [-0.2, 0) is 47.4 Å². The van der Waals surface area contributed by atoms with Crippen molar-refractivity contribution >= 4 is 23.6 Å². The fourth-order valence-electron chi connectivity index (χ4n) is 2.80. The molecule has 1 aromatic rings. The Labute approximate surface area is 251 Å². The van der Waals surface area contributed by atoms with E-state index >= 15 is 0 Å². The zero-order chi connectivity index (χ0) is 30.4. The van der Waals surface area contributed by atoms with Crippen molar-refractivity contribution in [3.63, 3.8) is 0 Å². The van der Waals surface area contributed by atoms with Crippen LogP contribution in [0.4, 0.5) is 0 Å². The lowest BCUT2D eigenvalue weighted by molar-refractivity contribution is -0.142. The van der Waals surface area contributed by atoms with Crippen LogP contribution < -0.4 is 5.32 Å². The number of carbonyl (C=O) groups excluding carboxylic acids is 1. The summed E-state index contributed by atoms with van der Waals surface area (Å²) in [5, 5.41) is 11.8. The molecule has 15 nitrogen and oxygen atoms in total. The summed E-state index contributed by atoms with van der Waals surface area (Å²) in [6.07, 6.45) is 4.87. The number of aromatic nitrogens is 2. The van der Waals surface area contributed by atoms with E-state index in [9.17, 15) is 9.59 Å². The van der Waals surface area contributed by atoms with Crippen LogP contribution in [0.5, 0.6) is 0 Å². The minimum Gasteiger partial charge on any atom is -0.480 e. The second-order valence-corrected chi connectivity index (χ2v) is 8.83. The highest BCUT2D eigenvalue weighted by atomic mass is 32.2. The van der Waals surface area contributed by atoms with Gasteiger partial charge in [-0.1, -0.05) is 11.8 Å². The van der Waals surface area contributed by atoms with Crippen molar-refractivity contribution in [2.45, 2.75) is 5.16 Å². The molecule has 42 heavy (non-hydrogen) atoms. The van der Waals surface area contributed by atoms with Gasteiger partial charge in [-0.15, -0.1) is 0 Å². The molecule has 1 rings (SSSR count). The van der Waals surface area contributed by atoms with Gasteiger partial charge in [0, 0.05) is 18.9 Å². The maximum Gasteiger partial charge on any atom is 0.329 e. The highest BCUT2D eigenvalue weighted by Crippen LogP contribution is 2.06. The van der Waals surface area contributed by atoms with Crippen molar-refractivity contribution in [1.29, 1.82) is 0 Å². The van der Waals surface area contributed by atoms with E-state index in [0.29, 0.717) is 123 Å². The highest BCUT2D eigenvalue weighted by Gasteiger charge is 2.06. The molecule has 1 amide bonds. The molecular weight excluding hydrogens is 578 g/mol. The SMILES string of the molecule is CSc1ncc(C(=O)NCCOCCOCCOCCOCCOCCOCCOCCOCCOCC(=O)O)cn1. The molecule has 0 bridgehead atoms. The highest BCUT2D eigenvalue weighted by molar-refractivity contribution is 7.98. The normalized spacial score (nSPS) is 11.2. The number of aliphatic carboxylic acids is 1. The average Bonchev–Trinajstić information content (AvgIpc) is 3.00. The Balaban J connectivity index is 1.69. The second kappa shape index (κ2) is 29.1. The Morgan fingerprint density at radius 3 is 1.29 bits per heavy atom. The van der Waals surface area contributed by atoms with Crippen LogP contribution in [-0.4, -0.2) is 159 Å². The summed E-state index contributed by atoms with van der Waals surface area (Å²) in [5.41, 5.74) is 0.414. The van der Waals surface area contributed by atoms with E-state index in [0.717, 1.165) is 0 Å². The van der Waals surface area contributed by atoms with E-state index in [1.54, 1.807) is 0 Å². The van der Waals surface area contributed by atoms with Gasteiger partial charge in [-0.3, -0.25) is 4.79 Å². The molecule has 242 valence electrons. The Bertz CT molecular complexity index is 779. The van der Waals surface area contributed by atoms with Gasteiger partial charge in [0.15, 0.2) is 5.16 Å². The monoisotopic (exact) mass is 623 g/mol. The van der Waals surface area contributed by atoms with Gasteiger partial charge in [-0.2, -0.15) is 0 Å². The quantitative estimate of drug-likeness (QED) is 0.0649. The van der Waals surface area contributed by atoms with E-state index < -0.39 is 5.97 Å². The van der Waals surface area contributed by atoms with Crippen molar-refractivity contribution in [3.8, 4) is 0 Å². The van der Waals surface area contributed by atoms with E-state index in [1.807, 2.05) is 6.26 Å². The van der Waals surface area contributed by atoms with Crippen molar-refractivity contribution in [3.05, 3.63) is 18.0 Å². The van der Waals surface area contributed by atoms with Crippen molar-refractivity contribution in [2.24, 2.45) is 0 Å². The molecule has 0 aromatic carbocycles. The minimum absolute atomic E-state index is 0.235. The Morgan fingerprint density at radius 2 is 0.952 bits per heavy atom. The van der Waals surface area contributed by atoms with Crippen molar-refractivity contribution in [1.82, 2.24) is 15.3 Å². The molecule has 2 N–H and O–H groups in total. The molecule has 0 saturated carbocycles. The Kier molecular flexibility index (Phi) is 26.4. The number of nitrogens with one attached hydrogen (secondary N) is 1. The van der Waals surface area contributed by atoms with Gasteiger partial charge in [-0.25, -0.2) is 14.8 Å². The Morgan fingerprint density at radius 1 is 0.619 bits per heavy atom. The van der Waals surface area contributed by atoms with Gasteiger partial charge in [0.25, 0.3) is 5.91 Å². The first-order chi connectivity index (χ1) is 20.6. The predicted octanol–water partition coefficient (Wildman–Crippen LogP) is 0.162. The first-order valence-electron chi connectivity index (χ1n) is 13.7. The molecule has 0 spiro atoms. The molecule has 1 aromatic heterocycles. The van der Waals surface area contributed by atoms with Crippen LogP contribution in [0.3, 0.4) is 0 Å². The summed E-state index contributed by atoms with van der Waals surface area (Å²) >= 11 is 1.41. The molecule has 0 radical (unpaired) electrons. The van der Waals surface area contributed by atoms with Crippen LogP contribution in [0.2, 0.25) is 0 Å². The molecule has 0 aliphatic heterocycles. The fourth-order valence-corrected chi connectivity index (χ4v) is 3.11. The van der Waals surface area contributed by atoms with Gasteiger partial charge in [-0.05, 0) is 6.26 Å². The van der Waals surface area contributed by atoms with E-state index in [-0.39, 0.29) is 19.1 Å². The van der Waals surface area contributed by atoms with E-state index in [2.05, 4.69) is 15.3 Å². The number of thioether (sulfide) groups is 1. The largest absolute Gasteiger partial charge is 0.480 e. The number of hydrogen-bond acceptors (Lipinski definition) is 14. The summed E-state index contributed by atoms with van der Waals surface area (Å²) in [6, 6.07) is 0. The first kappa shape index (κ1) is 38.0. The Hall–Kier alpha value is -1.99. The van der Waals surface area contributed by atoms with Crippen molar-refractivity contribution < 1.29 is 57.3 Å².